The molecule has 0 saturated carbocycles. The smallest absolute Gasteiger partial charge is 0.192 e. The number of Topliss-reactive ketones (excluding diaryl/α,β-unsaturated/α-hetero) is 1. The lowest BCUT2D eigenvalue weighted by Gasteiger charge is -2.09. The van der Waals surface area contributed by atoms with Crippen molar-refractivity contribution in [3.05, 3.63) is 60.9 Å². The van der Waals surface area contributed by atoms with Crippen LogP contribution < -0.4 is 9.47 Å². The van der Waals surface area contributed by atoms with Gasteiger partial charge < -0.3 is 9.47 Å². The van der Waals surface area contributed by atoms with Gasteiger partial charge in [0.05, 0.1) is 19.0 Å². The summed E-state index contributed by atoms with van der Waals surface area (Å²) < 4.78 is 13.2. The summed E-state index contributed by atoms with van der Waals surface area (Å²) in [4.78, 5) is 16.9. The maximum Gasteiger partial charge on any atom is 0.192 e. The summed E-state index contributed by atoms with van der Waals surface area (Å²) in [5.41, 5.74) is 1.45. The van der Waals surface area contributed by atoms with Gasteiger partial charge in [-0.15, -0.1) is 16.8 Å². The van der Waals surface area contributed by atoms with Gasteiger partial charge in [0, 0.05) is 36.5 Å². The van der Waals surface area contributed by atoms with Crippen LogP contribution >= 0.6 is 11.8 Å². The molecule has 7 nitrogen and oxygen atoms in total. The Morgan fingerprint density at radius 2 is 2.07 bits per heavy atom. The molecule has 148 valence electrons. The van der Waals surface area contributed by atoms with Gasteiger partial charge in [-0.25, -0.2) is 0 Å². The molecule has 0 bridgehead atoms. The second kappa shape index (κ2) is 8.91. The standard InChI is InChI=1S/C21H20N4O3S/c1-2-9-25-20(16-5-3-8-22-13-16)23-24-21(25)29-14-17(26)15-6-7-18-19(12-15)28-11-4-10-27-18/h2-3,5-8,12-13H,1,4,9-11,14H2. The number of ketones is 1. The SMILES string of the molecule is C=CCn1c(SCC(=O)c2ccc3c(c2)OCCCO3)nnc1-c1cccnc1. The lowest BCUT2D eigenvalue weighted by atomic mass is 10.1. The number of thioether (sulfide) groups is 1. The van der Waals surface area contributed by atoms with Crippen LogP contribution in [0.1, 0.15) is 16.8 Å². The number of rotatable bonds is 7. The van der Waals surface area contributed by atoms with Gasteiger partial charge in [0.25, 0.3) is 0 Å². The number of carbonyl (C=O) groups excluding carboxylic acids is 1. The van der Waals surface area contributed by atoms with Crippen molar-refractivity contribution in [2.45, 2.75) is 18.1 Å². The van der Waals surface area contributed by atoms with Crippen molar-refractivity contribution in [2.24, 2.45) is 0 Å². The van der Waals surface area contributed by atoms with Crippen LogP contribution in [0.3, 0.4) is 0 Å². The van der Waals surface area contributed by atoms with Gasteiger partial charge in [0.15, 0.2) is 28.3 Å². The lowest BCUT2D eigenvalue weighted by Crippen LogP contribution is -2.06. The zero-order valence-corrected chi connectivity index (χ0v) is 16.6. The number of aromatic nitrogens is 4. The van der Waals surface area contributed by atoms with E-state index in [2.05, 4.69) is 21.8 Å². The fraction of sp³-hybridized carbons (Fsp3) is 0.238. The molecule has 8 heteroatoms. The zero-order valence-electron chi connectivity index (χ0n) is 15.8. The molecule has 0 spiro atoms. The van der Waals surface area contributed by atoms with E-state index in [0.29, 0.717) is 47.8 Å². The van der Waals surface area contributed by atoms with E-state index in [1.807, 2.05) is 16.7 Å². The number of pyridine rings is 1. The minimum atomic E-state index is -0.0123. The van der Waals surface area contributed by atoms with Crippen molar-refractivity contribution in [1.82, 2.24) is 19.7 Å². The first-order valence-corrected chi connectivity index (χ1v) is 10.2. The first-order valence-electron chi connectivity index (χ1n) is 9.26. The number of hydrogen-bond acceptors (Lipinski definition) is 7. The second-order valence-electron chi connectivity index (χ2n) is 6.37. The van der Waals surface area contributed by atoms with Crippen molar-refractivity contribution in [2.75, 3.05) is 19.0 Å². The summed E-state index contributed by atoms with van der Waals surface area (Å²) >= 11 is 1.35. The molecule has 3 aromatic rings. The average Bonchev–Trinajstić information content (AvgIpc) is 3.00. The normalized spacial score (nSPS) is 13.0. The van der Waals surface area contributed by atoms with Crippen LogP contribution in [0.25, 0.3) is 11.4 Å². The van der Waals surface area contributed by atoms with Crippen LogP contribution in [0.2, 0.25) is 0 Å². The second-order valence-corrected chi connectivity index (χ2v) is 7.31. The first kappa shape index (κ1) is 19.2. The highest BCUT2D eigenvalue weighted by molar-refractivity contribution is 7.99. The Balaban J connectivity index is 1.50. The molecule has 1 aliphatic rings. The third kappa shape index (κ3) is 4.32. The summed E-state index contributed by atoms with van der Waals surface area (Å²) in [6, 6.07) is 9.08. The highest BCUT2D eigenvalue weighted by atomic mass is 32.2. The fourth-order valence-electron chi connectivity index (χ4n) is 2.95. The molecule has 1 aliphatic heterocycles. The summed E-state index contributed by atoms with van der Waals surface area (Å²) in [6.45, 7) is 5.55. The Labute approximate surface area is 172 Å². The van der Waals surface area contributed by atoms with Crippen LogP contribution in [-0.4, -0.2) is 44.5 Å². The molecule has 1 aromatic carbocycles. The minimum absolute atomic E-state index is 0.0123. The van der Waals surface area contributed by atoms with Crippen molar-refractivity contribution in [3.63, 3.8) is 0 Å². The highest BCUT2D eigenvalue weighted by Crippen LogP contribution is 2.31. The number of nitrogens with zero attached hydrogens (tertiary/aromatic N) is 4. The van der Waals surface area contributed by atoms with Crippen LogP contribution in [0, 0.1) is 0 Å². The van der Waals surface area contributed by atoms with Crippen molar-refractivity contribution in [1.29, 1.82) is 0 Å². The van der Waals surface area contributed by atoms with E-state index in [0.717, 1.165) is 12.0 Å². The molecule has 4 rings (SSSR count). The third-order valence-corrected chi connectivity index (χ3v) is 5.32. The number of fused-ring (bicyclic) bond motifs is 1. The summed E-state index contributed by atoms with van der Waals surface area (Å²) in [5.74, 6) is 2.22. The molecule has 0 radical (unpaired) electrons. The number of ether oxygens (including phenoxy) is 2. The molecule has 0 amide bonds. The van der Waals surface area contributed by atoms with Crippen molar-refractivity contribution < 1.29 is 14.3 Å². The van der Waals surface area contributed by atoms with Gasteiger partial charge in [-0.2, -0.15) is 0 Å². The quantitative estimate of drug-likeness (QED) is 0.335. The molecule has 0 atom stereocenters. The van der Waals surface area contributed by atoms with Gasteiger partial charge in [-0.3, -0.25) is 14.3 Å². The number of hydrogen-bond donors (Lipinski definition) is 0. The zero-order chi connectivity index (χ0) is 20.1. The van der Waals surface area contributed by atoms with E-state index in [1.165, 1.54) is 11.8 Å². The molecular formula is C21H20N4O3S. The topological polar surface area (TPSA) is 79.1 Å². The van der Waals surface area contributed by atoms with E-state index in [-0.39, 0.29) is 11.5 Å². The lowest BCUT2D eigenvalue weighted by molar-refractivity contribution is 0.102. The Bertz CT molecular complexity index is 1020. The Morgan fingerprint density at radius 3 is 2.86 bits per heavy atom. The average molecular weight is 408 g/mol. The predicted molar refractivity (Wildman–Crippen MR) is 111 cm³/mol. The molecule has 29 heavy (non-hydrogen) atoms. The van der Waals surface area contributed by atoms with E-state index in [4.69, 9.17) is 9.47 Å². The van der Waals surface area contributed by atoms with E-state index < -0.39 is 0 Å². The highest BCUT2D eigenvalue weighted by Gasteiger charge is 2.17. The van der Waals surface area contributed by atoms with Gasteiger partial charge in [0.1, 0.15) is 0 Å². The van der Waals surface area contributed by atoms with E-state index in [9.17, 15) is 4.79 Å². The predicted octanol–water partition coefficient (Wildman–Crippen LogP) is 3.66. The maximum atomic E-state index is 12.7. The molecule has 0 fully saturated rings. The van der Waals surface area contributed by atoms with Gasteiger partial charge in [0.2, 0.25) is 0 Å². The Hall–Kier alpha value is -3.13. The minimum Gasteiger partial charge on any atom is -0.490 e. The third-order valence-electron chi connectivity index (χ3n) is 4.35. The monoisotopic (exact) mass is 408 g/mol. The number of allylic oxidation sites excluding steroid dienone is 1. The van der Waals surface area contributed by atoms with Crippen molar-refractivity contribution in [3.8, 4) is 22.9 Å². The summed E-state index contributed by atoms with van der Waals surface area (Å²) in [6.07, 6.45) is 6.05. The van der Waals surface area contributed by atoms with E-state index >= 15 is 0 Å². The number of benzene rings is 1. The van der Waals surface area contributed by atoms with Gasteiger partial charge in [-0.1, -0.05) is 17.8 Å². The van der Waals surface area contributed by atoms with Crippen LogP contribution in [0.5, 0.6) is 11.5 Å². The van der Waals surface area contributed by atoms with Gasteiger partial charge >= 0.3 is 0 Å². The van der Waals surface area contributed by atoms with Crippen LogP contribution in [-0.2, 0) is 6.54 Å². The largest absolute Gasteiger partial charge is 0.490 e. The van der Waals surface area contributed by atoms with E-state index in [1.54, 1.807) is 36.7 Å². The summed E-state index contributed by atoms with van der Waals surface area (Å²) in [5, 5.41) is 9.20. The first-order chi connectivity index (χ1) is 14.3. The molecular weight excluding hydrogens is 388 g/mol. The number of carbonyl (C=O) groups is 1. The maximum absolute atomic E-state index is 12.7. The Kier molecular flexibility index (Phi) is 5.90. The molecule has 2 aromatic heterocycles. The van der Waals surface area contributed by atoms with Crippen LogP contribution in [0.15, 0.2) is 60.5 Å². The molecule has 0 saturated heterocycles. The molecule has 0 unspecified atom stereocenters. The fourth-order valence-corrected chi connectivity index (χ4v) is 3.79. The summed E-state index contributed by atoms with van der Waals surface area (Å²) in [7, 11) is 0. The Morgan fingerprint density at radius 1 is 1.21 bits per heavy atom. The molecule has 3 heterocycles. The van der Waals surface area contributed by atoms with Crippen LogP contribution in [0.4, 0.5) is 0 Å². The molecule has 0 aliphatic carbocycles. The molecule has 0 N–H and O–H groups in total. The van der Waals surface area contributed by atoms with Crippen molar-refractivity contribution >= 4 is 17.5 Å². The van der Waals surface area contributed by atoms with Gasteiger partial charge in [-0.05, 0) is 30.3 Å².